The number of aromatic amines is 1. The number of amides is 1. The molecule has 1 fully saturated rings. The second-order valence-corrected chi connectivity index (χ2v) is 5.68. The van der Waals surface area contributed by atoms with Crippen LogP contribution in [0.5, 0.6) is 0 Å². The van der Waals surface area contributed by atoms with Crippen LogP contribution in [0.1, 0.15) is 22.1 Å². The van der Waals surface area contributed by atoms with Crippen LogP contribution in [0.2, 0.25) is 0 Å². The van der Waals surface area contributed by atoms with Crippen LogP contribution >= 0.6 is 0 Å². The summed E-state index contributed by atoms with van der Waals surface area (Å²) in [6, 6.07) is 10.9. The van der Waals surface area contributed by atoms with Crippen LogP contribution in [0.3, 0.4) is 0 Å². The van der Waals surface area contributed by atoms with Crippen molar-refractivity contribution in [2.24, 2.45) is 0 Å². The Morgan fingerprint density at radius 3 is 2.65 bits per heavy atom. The normalized spacial score (nSPS) is 15.0. The number of benzene rings is 2. The number of carbonyl (C=O) groups is 1. The Labute approximate surface area is 130 Å². The third-order valence-electron chi connectivity index (χ3n) is 4.13. The summed E-state index contributed by atoms with van der Waals surface area (Å²) in [6.07, 6.45) is 0. The number of nitrogens with zero attached hydrogens (tertiary/aromatic N) is 2. The molecule has 3 aromatic rings. The van der Waals surface area contributed by atoms with Gasteiger partial charge >= 0.3 is 0 Å². The lowest BCUT2D eigenvalue weighted by Gasteiger charge is -2.38. The average Bonchev–Trinajstić information content (AvgIpc) is 2.91. The van der Waals surface area contributed by atoms with Crippen molar-refractivity contribution >= 4 is 16.9 Å². The first-order valence-corrected chi connectivity index (χ1v) is 7.31. The van der Waals surface area contributed by atoms with E-state index in [1.165, 1.54) is 6.07 Å². The Morgan fingerprint density at radius 2 is 1.91 bits per heavy atom. The minimum atomic E-state index is -1.01. The summed E-state index contributed by atoms with van der Waals surface area (Å²) in [4.78, 5) is 21.6. The molecule has 1 aliphatic rings. The van der Waals surface area contributed by atoms with Gasteiger partial charge in [-0.15, -0.1) is 0 Å². The van der Waals surface area contributed by atoms with E-state index in [4.69, 9.17) is 0 Å². The third-order valence-corrected chi connectivity index (χ3v) is 4.13. The van der Waals surface area contributed by atoms with Crippen LogP contribution in [0, 0.1) is 11.6 Å². The number of rotatable bonds is 2. The molecule has 1 aliphatic heterocycles. The number of imidazole rings is 1. The van der Waals surface area contributed by atoms with Crippen LogP contribution in [0.4, 0.5) is 8.78 Å². The second-order valence-electron chi connectivity index (χ2n) is 5.68. The zero-order chi connectivity index (χ0) is 16.0. The molecule has 23 heavy (non-hydrogen) atoms. The molecule has 4 rings (SSSR count). The van der Waals surface area contributed by atoms with Crippen molar-refractivity contribution in [2.45, 2.75) is 5.92 Å². The molecular weight excluding hydrogens is 300 g/mol. The van der Waals surface area contributed by atoms with Crippen LogP contribution in [0.25, 0.3) is 11.0 Å². The van der Waals surface area contributed by atoms with Gasteiger partial charge < -0.3 is 9.88 Å². The van der Waals surface area contributed by atoms with Crippen molar-refractivity contribution in [1.29, 1.82) is 0 Å². The van der Waals surface area contributed by atoms with Crippen molar-refractivity contribution in [3.05, 3.63) is 65.5 Å². The molecule has 0 unspecified atom stereocenters. The maximum atomic E-state index is 13.2. The van der Waals surface area contributed by atoms with E-state index in [1.54, 1.807) is 4.90 Å². The first-order chi connectivity index (χ1) is 11.1. The molecule has 116 valence electrons. The lowest BCUT2D eigenvalue weighted by atomic mass is 9.98. The highest BCUT2D eigenvalue weighted by Crippen LogP contribution is 2.28. The fraction of sp³-hybridized carbons (Fsp3) is 0.176. The molecule has 6 heteroatoms. The highest BCUT2D eigenvalue weighted by molar-refractivity contribution is 5.94. The highest BCUT2D eigenvalue weighted by Gasteiger charge is 2.34. The molecule has 1 amide bonds. The third kappa shape index (κ3) is 2.36. The summed E-state index contributed by atoms with van der Waals surface area (Å²) in [5.41, 5.74) is 2.02. The number of carbonyl (C=O) groups excluding carboxylic acids is 1. The number of halogens is 2. The smallest absolute Gasteiger partial charge is 0.254 e. The number of hydrogen-bond donors (Lipinski definition) is 1. The van der Waals surface area contributed by atoms with Crippen LogP contribution in [0.15, 0.2) is 42.5 Å². The molecule has 0 radical (unpaired) electrons. The van der Waals surface area contributed by atoms with Gasteiger partial charge in [-0.25, -0.2) is 13.8 Å². The van der Waals surface area contributed by atoms with E-state index in [0.717, 1.165) is 29.0 Å². The summed E-state index contributed by atoms with van der Waals surface area (Å²) in [5.74, 6) is -1.27. The minimum Gasteiger partial charge on any atom is -0.342 e. The molecule has 0 bridgehead atoms. The fourth-order valence-electron chi connectivity index (χ4n) is 2.79. The highest BCUT2D eigenvalue weighted by atomic mass is 19.2. The molecule has 1 aromatic heterocycles. The zero-order valence-electron chi connectivity index (χ0n) is 12.1. The predicted molar refractivity (Wildman–Crippen MR) is 81.1 cm³/mol. The van der Waals surface area contributed by atoms with Gasteiger partial charge in [0, 0.05) is 18.7 Å². The quantitative estimate of drug-likeness (QED) is 0.790. The van der Waals surface area contributed by atoms with Crippen LogP contribution < -0.4 is 0 Å². The standard InChI is InChI=1S/C17H13F2N3O/c18-12-6-5-10(7-13(12)19)17(23)22-8-11(9-22)16-20-14-3-1-2-4-15(14)21-16/h1-7,11H,8-9H2,(H,20,21). The molecule has 1 saturated heterocycles. The number of nitrogens with one attached hydrogen (secondary N) is 1. The summed E-state index contributed by atoms with van der Waals surface area (Å²) in [5, 5.41) is 0. The van der Waals surface area contributed by atoms with E-state index in [9.17, 15) is 13.6 Å². The maximum absolute atomic E-state index is 13.2. The van der Waals surface area contributed by atoms with Gasteiger partial charge in [-0.3, -0.25) is 4.79 Å². The topological polar surface area (TPSA) is 49.0 Å². The lowest BCUT2D eigenvalue weighted by Crippen LogP contribution is -2.48. The summed E-state index contributed by atoms with van der Waals surface area (Å²) in [7, 11) is 0. The van der Waals surface area contributed by atoms with E-state index in [0.29, 0.717) is 13.1 Å². The van der Waals surface area contributed by atoms with E-state index in [2.05, 4.69) is 9.97 Å². The van der Waals surface area contributed by atoms with Crippen molar-refractivity contribution in [2.75, 3.05) is 13.1 Å². The Bertz CT molecular complexity index is 867. The van der Waals surface area contributed by atoms with Crippen LogP contribution in [-0.2, 0) is 0 Å². The molecule has 0 spiro atoms. The summed E-state index contributed by atoms with van der Waals surface area (Å²) < 4.78 is 26.2. The van der Waals surface area contributed by atoms with Gasteiger partial charge in [-0.05, 0) is 30.3 Å². The first kappa shape index (κ1) is 13.9. The van der Waals surface area contributed by atoms with Gasteiger partial charge in [0.2, 0.25) is 0 Å². The molecule has 0 atom stereocenters. The zero-order valence-corrected chi connectivity index (χ0v) is 12.1. The summed E-state index contributed by atoms with van der Waals surface area (Å²) in [6.45, 7) is 1.02. The van der Waals surface area contributed by atoms with Gasteiger partial charge in [0.1, 0.15) is 5.82 Å². The largest absolute Gasteiger partial charge is 0.342 e. The number of likely N-dealkylation sites (tertiary alicyclic amines) is 1. The van der Waals surface area contributed by atoms with Gasteiger partial charge in [0.05, 0.1) is 17.0 Å². The van der Waals surface area contributed by atoms with Gasteiger partial charge in [0.25, 0.3) is 5.91 Å². The monoisotopic (exact) mass is 313 g/mol. The van der Waals surface area contributed by atoms with E-state index < -0.39 is 11.6 Å². The van der Waals surface area contributed by atoms with Crippen molar-refractivity contribution < 1.29 is 13.6 Å². The molecule has 4 nitrogen and oxygen atoms in total. The van der Waals surface area contributed by atoms with E-state index in [-0.39, 0.29) is 17.4 Å². The van der Waals surface area contributed by atoms with Gasteiger partial charge in [0.15, 0.2) is 11.6 Å². The number of H-pyrrole nitrogens is 1. The second kappa shape index (κ2) is 5.15. The van der Waals surface area contributed by atoms with Gasteiger partial charge in [-0.2, -0.15) is 0 Å². The van der Waals surface area contributed by atoms with E-state index >= 15 is 0 Å². The number of fused-ring (bicyclic) bond motifs is 1. The molecule has 1 N–H and O–H groups in total. The number of para-hydroxylation sites is 2. The minimum absolute atomic E-state index is 0.136. The Morgan fingerprint density at radius 1 is 1.13 bits per heavy atom. The fourth-order valence-corrected chi connectivity index (χ4v) is 2.79. The number of hydrogen-bond acceptors (Lipinski definition) is 2. The molecule has 0 aliphatic carbocycles. The molecule has 2 heterocycles. The van der Waals surface area contributed by atoms with Gasteiger partial charge in [-0.1, -0.05) is 12.1 Å². The SMILES string of the molecule is O=C(c1ccc(F)c(F)c1)N1CC(c2nc3ccccc3[nH]2)C1. The Balaban J connectivity index is 1.48. The first-order valence-electron chi connectivity index (χ1n) is 7.31. The Kier molecular flexibility index (Phi) is 3.11. The van der Waals surface area contributed by atoms with E-state index in [1.807, 2.05) is 24.3 Å². The maximum Gasteiger partial charge on any atom is 0.254 e. The Hall–Kier alpha value is -2.76. The molecule has 0 saturated carbocycles. The summed E-state index contributed by atoms with van der Waals surface area (Å²) >= 11 is 0. The average molecular weight is 313 g/mol. The van der Waals surface area contributed by atoms with Crippen LogP contribution in [-0.4, -0.2) is 33.9 Å². The van der Waals surface area contributed by atoms with Crippen molar-refractivity contribution in [3.63, 3.8) is 0 Å². The predicted octanol–water partition coefficient (Wildman–Crippen LogP) is 3.08. The lowest BCUT2D eigenvalue weighted by molar-refractivity contribution is 0.0595. The van der Waals surface area contributed by atoms with Crippen molar-refractivity contribution in [3.8, 4) is 0 Å². The molecular formula is C17H13F2N3O. The van der Waals surface area contributed by atoms with Crippen molar-refractivity contribution in [1.82, 2.24) is 14.9 Å². The molecule has 2 aromatic carbocycles. The number of aromatic nitrogens is 2.